The van der Waals surface area contributed by atoms with Gasteiger partial charge in [0.1, 0.15) is 11.4 Å². The van der Waals surface area contributed by atoms with E-state index in [1.165, 1.54) is 24.5 Å². The fraction of sp³-hybridized carbons (Fsp3) is 0.118. The van der Waals surface area contributed by atoms with Crippen molar-refractivity contribution in [3.8, 4) is 11.5 Å². The zero-order valence-electron chi connectivity index (χ0n) is 14.6. The zero-order chi connectivity index (χ0) is 21.9. The highest BCUT2D eigenvalue weighted by Gasteiger charge is 2.34. The van der Waals surface area contributed by atoms with Gasteiger partial charge in [0, 0.05) is 12.1 Å². The molecule has 30 heavy (non-hydrogen) atoms. The summed E-state index contributed by atoms with van der Waals surface area (Å²) in [5.74, 6) is -0.824. The number of rotatable bonds is 6. The molecule has 13 heteroatoms. The molecule has 0 unspecified atom stereocenters. The highest BCUT2D eigenvalue weighted by Crippen LogP contribution is 2.32. The summed E-state index contributed by atoms with van der Waals surface area (Å²) in [6.07, 6.45) is -3.42. The van der Waals surface area contributed by atoms with E-state index in [4.69, 9.17) is 16.0 Å². The van der Waals surface area contributed by atoms with Crippen LogP contribution >= 0.6 is 23.4 Å². The van der Waals surface area contributed by atoms with Crippen molar-refractivity contribution in [1.82, 2.24) is 9.97 Å². The van der Waals surface area contributed by atoms with Crippen LogP contribution in [0.3, 0.4) is 0 Å². The predicted molar refractivity (Wildman–Crippen MR) is 102 cm³/mol. The van der Waals surface area contributed by atoms with Gasteiger partial charge in [-0.1, -0.05) is 23.4 Å². The maximum atomic E-state index is 13.1. The molecule has 0 atom stereocenters. The Kier molecular flexibility index (Phi) is 6.27. The van der Waals surface area contributed by atoms with Crippen LogP contribution < -0.4 is 5.32 Å². The number of hydrogen-bond donors (Lipinski definition) is 1. The van der Waals surface area contributed by atoms with Crippen molar-refractivity contribution in [3.63, 3.8) is 0 Å². The number of halogens is 4. The molecule has 0 aliphatic rings. The molecule has 3 rings (SSSR count). The van der Waals surface area contributed by atoms with E-state index in [2.05, 4.69) is 15.3 Å². The van der Waals surface area contributed by atoms with E-state index in [9.17, 15) is 28.1 Å². The molecule has 0 saturated carbocycles. The molecule has 156 valence electrons. The second-order valence-electron chi connectivity index (χ2n) is 5.65. The van der Waals surface area contributed by atoms with Gasteiger partial charge in [0.15, 0.2) is 10.9 Å². The van der Waals surface area contributed by atoms with Crippen LogP contribution in [0.4, 0.5) is 24.5 Å². The third kappa shape index (κ3) is 5.27. The highest BCUT2D eigenvalue weighted by atomic mass is 35.5. The van der Waals surface area contributed by atoms with Crippen molar-refractivity contribution in [1.29, 1.82) is 0 Å². The third-order valence-corrected chi connectivity index (χ3v) is 4.70. The standard InChI is InChI=1S/C17H10ClF3N4O4S/c18-10-6-9(25(27)28)3-4-11(10)22-15(26)8-30-16-23-12(13-2-1-5-29-13)7-14(24-16)17(19,20)21/h1-7H,8H2,(H,22,26). The normalized spacial score (nSPS) is 11.3. The maximum absolute atomic E-state index is 13.1. The second kappa shape index (κ2) is 8.71. The number of carbonyl (C=O) groups excluding carboxylic acids is 1. The molecule has 1 amide bonds. The number of anilines is 1. The van der Waals surface area contributed by atoms with Gasteiger partial charge in [-0.2, -0.15) is 13.2 Å². The van der Waals surface area contributed by atoms with Crippen molar-refractivity contribution in [2.75, 3.05) is 11.1 Å². The minimum Gasteiger partial charge on any atom is -0.463 e. The molecule has 1 aromatic carbocycles. The van der Waals surface area contributed by atoms with Crippen LogP contribution in [0, 0.1) is 10.1 Å². The molecule has 2 heterocycles. The first-order chi connectivity index (χ1) is 14.1. The van der Waals surface area contributed by atoms with E-state index in [0.29, 0.717) is 11.8 Å². The van der Waals surface area contributed by atoms with Gasteiger partial charge < -0.3 is 9.73 Å². The molecule has 0 saturated heterocycles. The Morgan fingerprint density at radius 1 is 1.27 bits per heavy atom. The number of nitrogens with zero attached hydrogens (tertiary/aromatic N) is 3. The Morgan fingerprint density at radius 3 is 2.63 bits per heavy atom. The minimum atomic E-state index is -4.71. The number of amides is 1. The van der Waals surface area contributed by atoms with Crippen LogP contribution in [0.25, 0.3) is 11.5 Å². The van der Waals surface area contributed by atoms with Crippen LogP contribution in [0.5, 0.6) is 0 Å². The van der Waals surface area contributed by atoms with E-state index < -0.39 is 22.7 Å². The summed E-state index contributed by atoms with van der Waals surface area (Å²) >= 11 is 6.57. The lowest BCUT2D eigenvalue weighted by Crippen LogP contribution is -2.15. The fourth-order valence-corrected chi connectivity index (χ4v) is 3.10. The first-order valence-electron chi connectivity index (χ1n) is 8.00. The van der Waals surface area contributed by atoms with E-state index in [-0.39, 0.29) is 38.8 Å². The second-order valence-corrected chi connectivity index (χ2v) is 7.00. The van der Waals surface area contributed by atoms with E-state index in [1.807, 2.05) is 0 Å². The molecular weight excluding hydrogens is 449 g/mol. The number of furan rings is 1. The summed E-state index contributed by atoms with van der Waals surface area (Å²) in [5, 5.41) is 12.8. The quantitative estimate of drug-likeness (QED) is 0.238. The highest BCUT2D eigenvalue weighted by molar-refractivity contribution is 7.99. The van der Waals surface area contributed by atoms with Gasteiger partial charge in [0.2, 0.25) is 5.91 Å². The zero-order valence-corrected chi connectivity index (χ0v) is 16.2. The van der Waals surface area contributed by atoms with Gasteiger partial charge in [-0.05, 0) is 24.3 Å². The molecule has 8 nitrogen and oxygen atoms in total. The number of benzene rings is 1. The topological polar surface area (TPSA) is 111 Å². The Hall–Kier alpha value is -3.12. The van der Waals surface area contributed by atoms with E-state index in [0.717, 1.165) is 18.2 Å². The molecule has 0 aliphatic heterocycles. The number of nitro groups is 1. The van der Waals surface area contributed by atoms with Gasteiger partial charge >= 0.3 is 6.18 Å². The molecule has 2 aromatic heterocycles. The summed E-state index contributed by atoms with van der Waals surface area (Å²) in [6.45, 7) is 0. The van der Waals surface area contributed by atoms with Gasteiger partial charge in [-0.25, -0.2) is 9.97 Å². The van der Waals surface area contributed by atoms with E-state index >= 15 is 0 Å². The average Bonchev–Trinajstić information content (AvgIpc) is 3.22. The summed E-state index contributed by atoms with van der Waals surface area (Å²) in [6, 6.07) is 7.16. The SMILES string of the molecule is O=C(CSc1nc(-c2ccco2)cc(C(F)(F)F)n1)Nc1ccc([N+](=O)[O-])cc1Cl. The minimum absolute atomic E-state index is 0.0574. The number of nitro benzene ring substituents is 1. The Bertz CT molecular complexity index is 1090. The first-order valence-corrected chi connectivity index (χ1v) is 9.36. The lowest BCUT2D eigenvalue weighted by Gasteiger charge is -2.10. The summed E-state index contributed by atoms with van der Waals surface area (Å²) in [5.41, 5.74) is -1.39. The molecule has 0 spiro atoms. The summed E-state index contributed by atoms with van der Waals surface area (Å²) in [4.78, 5) is 29.6. The van der Waals surface area contributed by atoms with Crippen LogP contribution in [-0.2, 0) is 11.0 Å². The summed E-state index contributed by atoms with van der Waals surface area (Å²) < 4.78 is 44.5. The Labute approximate surface area is 175 Å². The van der Waals surface area contributed by atoms with Crippen molar-refractivity contribution in [2.45, 2.75) is 11.3 Å². The number of hydrogen-bond acceptors (Lipinski definition) is 7. The van der Waals surface area contributed by atoms with Crippen molar-refractivity contribution < 1.29 is 27.3 Å². The van der Waals surface area contributed by atoms with Crippen molar-refractivity contribution >= 4 is 40.6 Å². The largest absolute Gasteiger partial charge is 0.463 e. The Morgan fingerprint density at radius 2 is 2.03 bits per heavy atom. The predicted octanol–water partition coefficient (Wildman–Crippen LogP) is 5.05. The van der Waals surface area contributed by atoms with Crippen LogP contribution in [0.1, 0.15) is 5.69 Å². The molecule has 3 aromatic rings. The number of nitrogens with one attached hydrogen (secondary N) is 1. The molecule has 1 N–H and O–H groups in total. The molecule has 0 bridgehead atoms. The van der Waals surface area contributed by atoms with Crippen molar-refractivity contribution in [3.05, 3.63) is 63.5 Å². The summed E-state index contributed by atoms with van der Waals surface area (Å²) in [7, 11) is 0. The van der Waals surface area contributed by atoms with Gasteiger partial charge in [-0.15, -0.1) is 0 Å². The first kappa shape index (κ1) is 21.6. The van der Waals surface area contributed by atoms with Crippen LogP contribution in [0.2, 0.25) is 5.02 Å². The third-order valence-electron chi connectivity index (χ3n) is 3.54. The monoisotopic (exact) mass is 458 g/mol. The lowest BCUT2D eigenvalue weighted by atomic mass is 10.2. The number of alkyl halides is 3. The smallest absolute Gasteiger partial charge is 0.433 e. The lowest BCUT2D eigenvalue weighted by molar-refractivity contribution is -0.384. The molecule has 0 aliphatic carbocycles. The molecule has 0 fully saturated rings. The van der Waals surface area contributed by atoms with Crippen molar-refractivity contribution in [2.24, 2.45) is 0 Å². The number of thioether (sulfide) groups is 1. The van der Waals surface area contributed by atoms with Gasteiger partial charge in [-0.3, -0.25) is 14.9 Å². The Balaban J connectivity index is 1.74. The number of carbonyl (C=O) groups is 1. The molecule has 0 radical (unpaired) electrons. The fourth-order valence-electron chi connectivity index (χ4n) is 2.22. The van der Waals surface area contributed by atoms with Gasteiger partial charge in [0.05, 0.1) is 27.6 Å². The van der Waals surface area contributed by atoms with Crippen LogP contribution in [0.15, 0.2) is 52.2 Å². The average molecular weight is 459 g/mol. The van der Waals surface area contributed by atoms with Crippen LogP contribution in [-0.4, -0.2) is 26.6 Å². The maximum Gasteiger partial charge on any atom is 0.433 e. The van der Waals surface area contributed by atoms with Gasteiger partial charge in [0.25, 0.3) is 5.69 Å². The van der Waals surface area contributed by atoms with E-state index in [1.54, 1.807) is 0 Å². The number of aromatic nitrogens is 2. The number of non-ortho nitro benzene ring substituents is 1. The molecular formula is C17H10ClF3N4O4S.